The van der Waals surface area contributed by atoms with Crippen molar-refractivity contribution >= 4 is 32.6 Å². The van der Waals surface area contributed by atoms with Gasteiger partial charge in [0.2, 0.25) is 12.7 Å². The van der Waals surface area contributed by atoms with Crippen molar-refractivity contribution in [2.75, 3.05) is 18.8 Å². The SMILES string of the molecule is COc1cccc2sc(N(Cc3cccnc3)C(=O)Cc3ccc4c(c3)OCO4)nc12. The number of anilines is 1. The monoisotopic (exact) mass is 433 g/mol. The molecule has 31 heavy (non-hydrogen) atoms. The highest BCUT2D eigenvalue weighted by atomic mass is 32.1. The molecule has 0 saturated heterocycles. The fourth-order valence-electron chi connectivity index (χ4n) is 3.45. The number of methoxy groups -OCH3 is 1. The van der Waals surface area contributed by atoms with Crippen molar-refractivity contribution < 1.29 is 19.0 Å². The van der Waals surface area contributed by atoms with E-state index in [9.17, 15) is 4.79 Å². The summed E-state index contributed by atoms with van der Waals surface area (Å²) < 4.78 is 17.2. The fourth-order valence-corrected chi connectivity index (χ4v) is 4.45. The van der Waals surface area contributed by atoms with Crippen molar-refractivity contribution in [3.63, 3.8) is 0 Å². The molecule has 0 aliphatic carbocycles. The van der Waals surface area contributed by atoms with E-state index in [2.05, 4.69) is 4.98 Å². The summed E-state index contributed by atoms with van der Waals surface area (Å²) in [7, 11) is 1.62. The maximum atomic E-state index is 13.4. The summed E-state index contributed by atoms with van der Waals surface area (Å²) in [6, 6.07) is 15.1. The van der Waals surface area contributed by atoms with Crippen molar-refractivity contribution in [2.45, 2.75) is 13.0 Å². The summed E-state index contributed by atoms with van der Waals surface area (Å²) in [5, 5.41) is 0.620. The van der Waals surface area contributed by atoms with Crippen molar-refractivity contribution in [3.05, 3.63) is 72.1 Å². The maximum Gasteiger partial charge on any atom is 0.233 e. The average molecular weight is 433 g/mol. The van der Waals surface area contributed by atoms with Crippen LogP contribution in [0.25, 0.3) is 10.2 Å². The van der Waals surface area contributed by atoms with Crippen LogP contribution in [0.2, 0.25) is 0 Å². The number of carbonyl (C=O) groups is 1. The number of hydrogen-bond acceptors (Lipinski definition) is 7. The van der Waals surface area contributed by atoms with E-state index >= 15 is 0 Å². The van der Waals surface area contributed by atoms with Gasteiger partial charge in [-0.15, -0.1) is 0 Å². The molecule has 4 aromatic rings. The highest BCUT2D eigenvalue weighted by Crippen LogP contribution is 2.36. The molecule has 0 saturated carbocycles. The Morgan fingerprint density at radius 2 is 2.03 bits per heavy atom. The molecule has 7 nitrogen and oxygen atoms in total. The minimum Gasteiger partial charge on any atom is -0.494 e. The number of aromatic nitrogens is 2. The molecule has 3 heterocycles. The van der Waals surface area contributed by atoms with E-state index in [4.69, 9.17) is 19.2 Å². The van der Waals surface area contributed by atoms with Crippen LogP contribution in [0, 0.1) is 0 Å². The second-order valence-corrected chi connectivity index (χ2v) is 8.02. The number of pyridine rings is 1. The van der Waals surface area contributed by atoms with E-state index in [1.807, 2.05) is 48.5 Å². The third-order valence-electron chi connectivity index (χ3n) is 4.98. The smallest absolute Gasteiger partial charge is 0.233 e. The first-order valence-electron chi connectivity index (χ1n) is 9.72. The van der Waals surface area contributed by atoms with Gasteiger partial charge in [0, 0.05) is 12.4 Å². The first-order chi connectivity index (χ1) is 15.2. The van der Waals surface area contributed by atoms with Crippen molar-refractivity contribution in [1.82, 2.24) is 9.97 Å². The molecule has 0 unspecified atom stereocenters. The lowest BCUT2D eigenvalue weighted by molar-refractivity contribution is -0.118. The maximum absolute atomic E-state index is 13.4. The molecule has 0 radical (unpaired) electrons. The zero-order valence-electron chi connectivity index (χ0n) is 16.8. The molecule has 1 aliphatic rings. The van der Waals surface area contributed by atoms with Crippen LogP contribution in [0.15, 0.2) is 60.9 Å². The van der Waals surface area contributed by atoms with Gasteiger partial charge in [-0.1, -0.05) is 29.5 Å². The molecule has 156 valence electrons. The second-order valence-electron chi connectivity index (χ2n) is 7.01. The van der Waals surface area contributed by atoms with Gasteiger partial charge >= 0.3 is 0 Å². The molecule has 1 amide bonds. The first kappa shape index (κ1) is 19.3. The number of nitrogens with zero attached hydrogens (tertiary/aromatic N) is 3. The first-order valence-corrected chi connectivity index (χ1v) is 10.5. The predicted octanol–water partition coefficient (Wildman–Crippen LogP) is 4.20. The Bertz CT molecular complexity index is 1240. The Morgan fingerprint density at radius 3 is 2.87 bits per heavy atom. The Morgan fingerprint density at radius 1 is 1.13 bits per heavy atom. The van der Waals surface area contributed by atoms with Crippen LogP contribution in [0.1, 0.15) is 11.1 Å². The molecule has 1 aliphatic heterocycles. The van der Waals surface area contributed by atoms with Crippen LogP contribution in [0.3, 0.4) is 0 Å². The van der Waals surface area contributed by atoms with Gasteiger partial charge in [0.25, 0.3) is 0 Å². The quantitative estimate of drug-likeness (QED) is 0.454. The third-order valence-corrected chi connectivity index (χ3v) is 6.02. The molecule has 0 atom stereocenters. The molecular formula is C23H19N3O4S. The van der Waals surface area contributed by atoms with Gasteiger partial charge < -0.3 is 14.2 Å². The molecule has 0 N–H and O–H groups in total. The molecular weight excluding hydrogens is 414 g/mol. The van der Waals surface area contributed by atoms with Gasteiger partial charge in [0.05, 0.1) is 24.8 Å². The number of carbonyl (C=O) groups excluding carboxylic acids is 1. The fraction of sp³-hybridized carbons (Fsp3) is 0.174. The Hall–Kier alpha value is -3.65. The highest BCUT2D eigenvalue weighted by Gasteiger charge is 2.23. The number of fused-ring (bicyclic) bond motifs is 2. The lowest BCUT2D eigenvalue weighted by atomic mass is 10.1. The normalized spacial score (nSPS) is 12.2. The average Bonchev–Trinajstić information content (AvgIpc) is 3.44. The van der Waals surface area contributed by atoms with Crippen molar-refractivity contribution in [3.8, 4) is 17.2 Å². The van der Waals surface area contributed by atoms with Crippen LogP contribution >= 0.6 is 11.3 Å². The lowest BCUT2D eigenvalue weighted by Gasteiger charge is -2.20. The van der Waals surface area contributed by atoms with Gasteiger partial charge in [-0.25, -0.2) is 4.98 Å². The molecule has 8 heteroatoms. The minimum absolute atomic E-state index is 0.0688. The van der Waals surface area contributed by atoms with E-state index < -0.39 is 0 Å². The topological polar surface area (TPSA) is 73.8 Å². The Labute approximate surface area is 182 Å². The van der Waals surface area contributed by atoms with Crippen LogP contribution in [0.5, 0.6) is 17.2 Å². The summed E-state index contributed by atoms with van der Waals surface area (Å²) in [5.74, 6) is 1.97. The van der Waals surface area contributed by atoms with Gasteiger partial charge in [-0.05, 0) is 41.5 Å². The number of ether oxygens (including phenoxy) is 3. The molecule has 0 bridgehead atoms. The standard InChI is InChI=1S/C23H19N3O4S/c1-28-18-5-2-6-20-22(18)25-23(31-20)26(13-16-4-3-9-24-12-16)21(27)11-15-7-8-17-19(10-15)30-14-29-17/h2-10,12H,11,13-14H2,1H3. The number of rotatable bonds is 6. The largest absolute Gasteiger partial charge is 0.494 e. The van der Waals surface area contributed by atoms with Crippen molar-refractivity contribution in [2.24, 2.45) is 0 Å². The summed E-state index contributed by atoms with van der Waals surface area (Å²) in [6.07, 6.45) is 3.68. The molecule has 2 aromatic carbocycles. The summed E-state index contributed by atoms with van der Waals surface area (Å²) >= 11 is 1.46. The van der Waals surface area contributed by atoms with Crippen molar-refractivity contribution in [1.29, 1.82) is 0 Å². The number of amides is 1. The molecule has 0 spiro atoms. The van der Waals surface area contributed by atoms with E-state index in [0.717, 1.165) is 21.3 Å². The van der Waals surface area contributed by atoms with Gasteiger partial charge in [0.1, 0.15) is 11.3 Å². The van der Waals surface area contributed by atoms with Crippen LogP contribution in [-0.2, 0) is 17.8 Å². The lowest BCUT2D eigenvalue weighted by Crippen LogP contribution is -2.31. The minimum atomic E-state index is -0.0688. The number of hydrogen-bond donors (Lipinski definition) is 0. The Balaban J connectivity index is 1.49. The summed E-state index contributed by atoms with van der Waals surface area (Å²) in [6.45, 7) is 0.576. The van der Waals surface area contributed by atoms with Crippen LogP contribution in [0.4, 0.5) is 5.13 Å². The van der Waals surface area contributed by atoms with Gasteiger partial charge in [-0.3, -0.25) is 14.7 Å². The van der Waals surface area contributed by atoms with E-state index in [1.165, 1.54) is 11.3 Å². The van der Waals surface area contributed by atoms with E-state index in [1.54, 1.807) is 24.4 Å². The summed E-state index contributed by atoms with van der Waals surface area (Å²) in [4.78, 5) is 24.0. The third kappa shape index (κ3) is 3.89. The van der Waals surface area contributed by atoms with E-state index in [0.29, 0.717) is 28.9 Å². The highest BCUT2D eigenvalue weighted by molar-refractivity contribution is 7.22. The zero-order valence-corrected chi connectivity index (χ0v) is 17.6. The number of thiazole rings is 1. The molecule has 2 aromatic heterocycles. The molecule has 0 fully saturated rings. The number of benzene rings is 2. The summed E-state index contributed by atoms with van der Waals surface area (Å²) in [5.41, 5.74) is 2.52. The Kier molecular flexibility index (Phi) is 5.13. The second kappa shape index (κ2) is 8.23. The van der Waals surface area contributed by atoms with E-state index in [-0.39, 0.29) is 19.1 Å². The molecule has 5 rings (SSSR count). The predicted molar refractivity (Wildman–Crippen MR) is 118 cm³/mol. The van der Waals surface area contributed by atoms with Gasteiger partial charge in [0.15, 0.2) is 16.6 Å². The van der Waals surface area contributed by atoms with Gasteiger partial charge in [-0.2, -0.15) is 0 Å². The zero-order chi connectivity index (χ0) is 21.2. The van der Waals surface area contributed by atoms with Crippen LogP contribution in [-0.4, -0.2) is 29.8 Å². The van der Waals surface area contributed by atoms with Crippen LogP contribution < -0.4 is 19.1 Å². The number of para-hydroxylation sites is 1.